The lowest BCUT2D eigenvalue weighted by molar-refractivity contribution is -0.112. The van der Waals surface area contributed by atoms with Gasteiger partial charge in [-0.25, -0.2) is 0 Å². The van der Waals surface area contributed by atoms with E-state index in [9.17, 15) is 4.79 Å². The smallest absolute Gasteiger partial charge is 0.139 e. The van der Waals surface area contributed by atoms with Gasteiger partial charge in [0.25, 0.3) is 0 Å². The summed E-state index contributed by atoms with van der Waals surface area (Å²) in [6.07, 6.45) is 8.29. The Morgan fingerprint density at radius 2 is 1.89 bits per heavy atom. The lowest BCUT2D eigenvalue weighted by atomic mass is 10.1. The third-order valence-electron chi connectivity index (χ3n) is 3.28. The first-order valence-electron chi connectivity index (χ1n) is 7.19. The predicted octanol–water partition coefficient (Wildman–Crippen LogP) is 3.18. The third kappa shape index (κ3) is 9.60. The second-order valence-corrected chi connectivity index (χ2v) is 6.01. The number of aldehydes is 1. The molecule has 3 heteroatoms. The lowest BCUT2D eigenvalue weighted by Crippen LogP contribution is -2.35. The van der Waals surface area contributed by atoms with Gasteiger partial charge in [0.2, 0.25) is 0 Å². The van der Waals surface area contributed by atoms with Crippen molar-refractivity contribution in [2.45, 2.75) is 71.4 Å². The van der Waals surface area contributed by atoms with Gasteiger partial charge in [-0.1, -0.05) is 39.0 Å². The van der Waals surface area contributed by atoms with Crippen molar-refractivity contribution in [2.24, 2.45) is 5.92 Å². The maximum atomic E-state index is 10.3. The Morgan fingerprint density at radius 1 is 1.33 bits per heavy atom. The Labute approximate surface area is 113 Å². The number of likely N-dealkylation sites (N-methyl/N-ethyl adjacent to an activating group) is 1. The van der Waals surface area contributed by atoms with Gasteiger partial charge in [-0.3, -0.25) is 0 Å². The summed E-state index contributed by atoms with van der Waals surface area (Å²) in [5.41, 5.74) is -0.169. The zero-order valence-electron chi connectivity index (χ0n) is 12.8. The highest BCUT2D eigenvalue weighted by atomic mass is 16.5. The number of nitrogens with one attached hydrogen (secondary N) is 1. The average molecular weight is 257 g/mol. The van der Waals surface area contributed by atoms with Crippen molar-refractivity contribution >= 4 is 6.29 Å². The summed E-state index contributed by atoms with van der Waals surface area (Å²) in [6.45, 7) is 8.62. The van der Waals surface area contributed by atoms with Crippen molar-refractivity contribution in [3.8, 4) is 0 Å². The number of hydrogen-bond acceptors (Lipinski definition) is 3. The minimum atomic E-state index is -0.186. The van der Waals surface area contributed by atoms with Crippen LogP contribution in [0.1, 0.15) is 59.8 Å². The van der Waals surface area contributed by atoms with Gasteiger partial charge in [-0.2, -0.15) is 0 Å². The van der Waals surface area contributed by atoms with Crippen LogP contribution in [0.2, 0.25) is 0 Å². The van der Waals surface area contributed by atoms with Crippen LogP contribution in [0.4, 0.5) is 0 Å². The Hall–Kier alpha value is -0.410. The van der Waals surface area contributed by atoms with Crippen molar-refractivity contribution in [1.82, 2.24) is 5.32 Å². The second-order valence-electron chi connectivity index (χ2n) is 6.01. The first-order valence-corrected chi connectivity index (χ1v) is 7.19. The van der Waals surface area contributed by atoms with Crippen LogP contribution in [-0.2, 0) is 9.53 Å². The molecule has 0 heterocycles. The van der Waals surface area contributed by atoms with Crippen LogP contribution in [0.5, 0.6) is 0 Å². The van der Waals surface area contributed by atoms with Crippen LogP contribution < -0.4 is 5.32 Å². The Morgan fingerprint density at radius 3 is 2.17 bits per heavy atom. The van der Waals surface area contributed by atoms with E-state index < -0.39 is 0 Å². The number of carbonyl (C=O) groups is 1. The van der Waals surface area contributed by atoms with E-state index in [0.29, 0.717) is 6.61 Å². The van der Waals surface area contributed by atoms with Gasteiger partial charge in [0.1, 0.15) is 6.29 Å². The van der Waals surface area contributed by atoms with E-state index in [1.165, 1.54) is 32.1 Å². The summed E-state index contributed by atoms with van der Waals surface area (Å²) >= 11 is 0. The van der Waals surface area contributed by atoms with Gasteiger partial charge in [-0.05, 0) is 33.7 Å². The van der Waals surface area contributed by atoms with Crippen molar-refractivity contribution in [3.05, 3.63) is 0 Å². The lowest BCUT2D eigenvalue weighted by Gasteiger charge is -2.21. The van der Waals surface area contributed by atoms with E-state index in [1.807, 2.05) is 20.8 Å². The molecule has 18 heavy (non-hydrogen) atoms. The van der Waals surface area contributed by atoms with Crippen LogP contribution >= 0.6 is 0 Å². The fourth-order valence-electron chi connectivity index (χ4n) is 1.95. The molecule has 3 nitrogen and oxygen atoms in total. The molecule has 0 aromatic heterocycles. The molecule has 1 saturated carbocycles. The van der Waals surface area contributed by atoms with Crippen LogP contribution in [0.3, 0.4) is 0 Å². The average Bonchev–Trinajstić information content (AvgIpc) is 2.82. The molecule has 1 fully saturated rings. The molecule has 0 aromatic rings. The molecule has 0 spiro atoms. The predicted molar refractivity (Wildman–Crippen MR) is 76.9 cm³/mol. The molecule has 1 aliphatic rings. The molecule has 0 radical (unpaired) electrons. The van der Waals surface area contributed by atoms with Gasteiger partial charge >= 0.3 is 0 Å². The van der Waals surface area contributed by atoms with Crippen LogP contribution in [0.15, 0.2) is 0 Å². The van der Waals surface area contributed by atoms with Crippen LogP contribution in [0, 0.1) is 5.92 Å². The normalized spacial score (nSPS) is 18.1. The SMILES string of the molecule is CCC1CCCC1.CN[C@H](C=O)COC(C)(C)C. The quantitative estimate of drug-likeness (QED) is 0.769. The summed E-state index contributed by atoms with van der Waals surface area (Å²) in [7, 11) is 1.74. The monoisotopic (exact) mass is 257 g/mol. The van der Waals surface area contributed by atoms with E-state index in [1.54, 1.807) is 7.05 Å². The van der Waals surface area contributed by atoms with Gasteiger partial charge in [-0.15, -0.1) is 0 Å². The van der Waals surface area contributed by atoms with Crippen molar-refractivity contribution in [1.29, 1.82) is 0 Å². The highest BCUT2D eigenvalue weighted by molar-refractivity contribution is 5.57. The largest absolute Gasteiger partial charge is 0.374 e. The molecular formula is C15H31NO2. The molecule has 0 saturated heterocycles. The molecule has 108 valence electrons. The maximum absolute atomic E-state index is 10.3. The zero-order chi connectivity index (χ0) is 14.0. The van der Waals surface area contributed by atoms with E-state index >= 15 is 0 Å². The molecule has 1 rings (SSSR count). The van der Waals surface area contributed by atoms with Crippen LogP contribution in [0.25, 0.3) is 0 Å². The summed E-state index contributed by atoms with van der Waals surface area (Å²) in [5.74, 6) is 1.10. The Balaban J connectivity index is 0.000000351. The summed E-state index contributed by atoms with van der Waals surface area (Å²) in [5, 5.41) is 2.83. The van der Waals surface area contributed by atoms with Gasteiger partial charge in [0, 0.05) is 0 Å². The molecule has 1 aliphatic carbocycles. The van der Waals surface area contributed by atoms with E-state index in [4.69, 9.17) is 4.74 Å². The van der Waals surface area contributed by atoms with Gasteiger partial charge in [0.05, 0.1) is 18.2 Å². The van der Waals surface area contributed by atoms with Crippen molar-refractivity contribution in [3.63, 3.8) is 0 Å². The maximum Gasteiger partial charge on any atom is 0.139 e. The molecule has 0 aromatic carbocycles. The first-order chi connectivity index (χ1) is 8.42. The number of rotatable bonds is 5. The highest BCUT2D eigenvalue weighted by Crippen LogP contribution is 2.26. The number of hydrogen-bond donors (Lipinski definition) is 1. The Bertz CT molecular complexity index is 205. The first kappa shape index (κ1) is 17.6. The molecule has 1 N–H and O–H groups in total. The van der Waals surface area contributed by atoms with Crippen molar-refractivity contribution < 1.29 is 9.53 Å². The molecule has 0 aliphatic heterocycles. The fourth-order valence-corrected chi connectivity index (χ4v) is 1.95. The number of carbonyl (C=O) groups excluding carboxylic acids is 1. The molecule has 0 amide bonds. The highest BCUT2D eigenvalue weighted by Gasteiger charge is 2.13. The standard InChI is InChI=1S/C8H17NO2.C7H14/c1-8(2,3)11-6-7(5-10)9-4;1-2-7-5-3-4-6-7/h5,7,9H,6H2,1-4H3;7H,2-6H2,1H3/t7-;/m1./s1. The Kier molecular flexibility index (Phi) is 9.29. The summed E-state index contributed by atoms with van der Waals surface area (Å²) in [6, 6.07) is -0.186. The molecular weight excluding hydrogens is 226 g/mol. The van der Waals surface area contributed by atoms with E-state index in [-0.39, 0.29) is 11.6 Å². The summed E-state index contributed by atoms with van der Waals surface area (Å²) < 4.78 is 5.38. The van der Waals surface area contributed by atoms with Crippen molar-refractivity contribution in [2.75, 3.05) is 13.7 Å². The summed E-state index contributed by atoms with van der Waals surface area (Å²) in [4.78, 5) is 10.3. The van der Waals surface area contributed by atoms with Crippen LogP contribution in [-0.4, -0.2) is 31.6 Å². The molecule has 0 bridgehead atoms. The van der Waals surface area contributed by atoms with Gasteiger partial charge in [0.15, 0.2) is 0 Å². The minimum Gasteiger partial charge on any atom is -0.374 e. The van der Waals surface area contributed by atoms with Gasteiger partial charge < -0.3 is 14.8 Å². The molecule has 0 unspecified atom stereocenters. The fraction of sp³-hybridized carbons (Fsp3) is 0.933. The topological polar surface area (TPSA) is 38.3 Å². The van der Waals surface area contributed by atoms with E-state index in [2.05, 4.69) is 12.2 Å². The third-order valence-corrected chi connectivity index (χ3v) is 3.28. The molecule has 1 atom stereocenters. The minimum absolute atomic E-state index is 0.169. The zero-order valence-corrected chi connectivity index (χ0v) is 12.8. The van der Waals surface area contributed by atoms with E-state index in [0.717, 1.165) is 12.2 Å². The number of ether oxygens (including phenoxy) is 1. The second kappa shape index (κ2) is 9.51.